The van der Waals surface area contributed by atoms with Crippen molar-refractivity contribution in [3.63, 3.8) is 0 Å². The Morgan fingerprint density at radius 3 is 2.94 bits per heavy atom. The van der Waals surface area contributed by atoms with E-state index < -0.39 is 0 Å². The van der Waals surface area contributed by atoms with Crippen LogP contribution in [0.2, 0.25) is 5.02 Å². The standard InChI is InChI=1S/C10H15ClN4O2/c1-4-15(2)8(16)6-12-9-7(11)5-13-10(14-9)17-3/h5H,4,6H2,1-3H3,(H,12,13,14). The van der Waals surface area contributed by atoms with Gasteiger partial charge in [-0.2, -0.15) is 4.98 Å². The Morgan fingerprint density at radius 1 is 1.65 bits per heavy atom. The summed E-state index contributed by atoms with van der Waals surface area (Å²) in [5, 5.41) is 3.19. The lowest BCUT2D eigenvalue weighted by atomic mass is 10.4. The van der Waals surface area contributed by atoms with Gasteiger partial charge in [0.2, 0.25) is 5.91 Å². The molecule has 0 spiro atoms. The maximum absolute atomic E-state index is 11.6. The van der Waals surface area contributed by atoms with Crippen LogP contribution < -0.4 is 10.1 Å². The molecule has 0 bridgehead atoms. The minimum atomic E-state index is -0.0406. The van der Waals surface area contributed by atoms with Crippen LogP contribution in [0.15, 0.2) is 6.20 Å². The van der Waals surface area contributed by atoms with Crippen molar-refractivity contribution in [1.82, 2.24) is 14.9 Å². The van der Waals surface area contributed by atoms with E-state index in [4.69, 9.17) is 16.3 Å². The Morgan fingerprint density at radius 2 is 2.35 bits per heavy atom. The van der Waals surface area contributed by atoms with Gasteiger partial charge in [-0.1, -0.05) is 11.6 Å². The number of carbonyl (C=O) groups is 1. The van der Waals surface area contributed by atoms with Gasteiger partial charge in [0.25, 0.3) is 0 Å². The van der Waals surface area contributed by atoms with Gasteiger partial charge in [0.05, 0.1) is 19.9 Å². The highest BCUT2D eigenvalue weighted by Gasteiger charge is 2.09. The average molecular weight is 259 g/mol. The zero-order valence-corrected chi connectivity index (χ0v) is 10.8. The van der Waals surface area contributed by atoms with Gasteiger partial charge in [0.1, 0.15) is 5.02 Å². The molecule has 0 aromatic carbocycles. The molecule has 1 heterocycles. The van der Waals surface area contributed by atoms with E-state index in [2.05, 4.69) is 15.3 Å². The average Bonchev–Trinajstić information content (AvgIpc) is 2.36. The largest absolute Gasteiger partial charge is 0.467 e. The first-order chi connectivity index (χ1) is 8.08. The summed E-state index contributed by atoms with van der Waals surface area (Å²) < 4.78 is 4.87. The summed E-state index contributed by atoms with van der Waals surface area (Å²) in [6.45, 7) is 2.68. The lowest BCUT2D eigenvalue weighted by molar-refractivity contribution is -0.127. The number of nitrogens with zero attached hydrogens (tertiary/aromatic N) is 3. The minimum absolute atomic E-state index is 0.0406. The van der Waals surface area contributed by atoms with Gasteiger partial charge in [0.15, 0.2) is 5.82 Å². The summed E-state index contributed by atoms with van der Waals surface area (Å²) in [6, 6.07) is 0.202. The fourth-order valence-corrected chi connectivity index (χ4v) is 1.20. The third-order valence-electron chi connectivity index (χ3n) is 2.21. The molecule has 0 fully saturated rings. The normalized spacial score (nSPS) is 9.88. The van der Waals surface area contributed by atoms with Gasteiger partial charge < -0.3 is 15.0 Å². The van der Waals surface area contributed by atoms with Crippen molar-refractivity contribution in [2.75, 3.05) is 32.6 Å². The van der Waals surface area contributed by atoms with Crippen LogP contribution in [0.1, 0.15) is 6.92 Å². The fraction of sp³-hybridized carbons (Fsp3) is 0.500. The minimum Gasteiger partial charge on any atom is -0.467 e. The van der Waals surface area contributed by atoms with Gasteiger partial charge >= 0.3 is 6.01 Å². The number of halogens is 1. The highest BCUT2D eigenvalue weighted by Crippen LogP contribution is 2.19. The van der Waals surface area contributed by atoms with Crippen LogP contribution >= 0.6 is 11.6 Å². The first-order valence-electron chi connectivity index (χ1n) is 5.12. The molecule has 1 rings (SSSR count). The second-order valence-electron chi connectivity index (χ2n) is 3.31. The number of anilines is 1. The van der Waals surface area contributed by atoms with Crippen molar-refractivity contribution in [2.24, 2.45) is 0 Å². The van der Waals surface area contributed by atoms with E-state index in [1.807, 2.05) is 6.92 Å². The summed E-state index contributed by atoms with van der Waals surface area (Å²) in [7, 11) is 3.19. The molecular weight excluding hydrogens is 244 g/mol. The number of rotatable bonds is 5. The molecule has 0 unspecified atom stereocenters. The van der Waals surface area contributed by atoms with E-state index in [9.17, 15) is 4.79 Å². The van der Waals surface area contributed by atoms with Crippen molar-refractivity contribution < 1.29 is 9.53 Å². The van der Waals surface area contributed by atoms with E-state index >= 15 is 0 Å². The highest BCUT2D eigenvalue weighted by molar-refractivity contribution is 6.32. The van der Waals surface area contributed by atoms with Crippen LogP contribution in [0.25, 0.3) is 0 Å². The lowest BCUT2D eigenvalue weighted by Gasteiger charge is -2.15. The molecule has 0 radical (unpaired) electrons. The Labute approximate surface area is 105 Å². The zero-order valence-electron chi connectivity index (χ0n) is 10.0. The summed E-state index contributed by atoms with van der Waals surface area (Å²) in [5.74, 6) is 0.345. The summed E-state index contributed by atoms with van der Waals surface area (Å²) in [5.41, 5.74) is 0. The van der Waals surface area contributed by atoms with Gasteiger partial charge in [0, 0.05) is 13.6 Å². The zero-order chi connectivity index (χ0) is 12.8. The van der Waals surface area contributed by atoms with Gasteiger partial charge in [-0.05, 0) is 6.92 Å². The number of likely N-dealkylation sites (N-methyl/N-ethyl adjacent to an activating group) is 1. The second-order valence-corrected chi connectivity index (χ2v) is 3.72. The fourth-order valence-electron chi connectivity index (χ4n) is 1.04. The molecule has 17 heavy (non-hydrogen) atoms. The summed E-state index contributed by atoms with van der Waals surface area (Å²) in [4.78, 5) is 21.0. The molecule has 7 heteroatoms. The first kappa shape index (κ1) is 13.5. The molecular formula is C10H15ClN4O2. The Hall–Kier alpha value is -1.56. The van der Waals surface area contributed by atoms with Crippen molar-refractivity contribution in [3.8, 4) is 6.01 Å². The number of aromatic nitrogens is 2. The molecule has 0 saturated carbocycles. The molecule has 0 aliphatic carbocycles. The van der Waals surface area contributed by atoms with Crippen LogP contribution in [-0.4, -0.2) is 48.0 Å². The molecule has 1 aromatic heterocycles. The van der Waals surface area contributed by atoms with E-state index in [1.54, 1.807) is 11.9 Å². The maximum atomic E-state index is 11.6. The smallest absolute Gasteiger partial charge is 0.318 e. The van der Waals surface area contributed by atoms with Crippen LogP contribution in [0.5, 0.6) is 6.01 Å². The van der Waals surface area contributed by atoms with Crippen molar-refractivity contribution in [2.45, 2.75) is 6.92 Å². The van der Waals surface area contributed by atoms with Crippen LogP contribution in [0, 0.1) is 0 Å². The second kappa shape index (κ2) is 6.24. The molecule has 0 saturated heterocycles. The van der Waals surface area contributed by atoms with Gasteiger partial charge in [-0.3, -0.25) is 4.79 Å². The van der Waals surface area contributed by atoms with Gasteiger partial charge in [-0.15, -0.1) is 0 Å². The first-order valence-corrected chi connectivity index (χ1v) is 5.50. The summed E-state index contributed by atoms with van der Waals surface area (Å²) >= 11 is 5.88. The molecule has 0 aliphatic rings. The maximum Gasteiger partial charge on any atom is 0.318 e. The number of hydrogen-bond donors (Lipinski definition) is 1. The molecule has 1 amide bonds. The molecule has 1 aromatic rings. The van der Waals surface area contributed by atoms with E-state index in [-0.39, 0.29) is 18.5 Å². The molecule has 6 nitrogen and oxygen atoms in total. The predicted octanol–water partition coefficient (Wildman–Crippen LogP) is 1.03. The number of nitrogens with one attached hydrogen (secondary N) is 1. The van der Waals surface area contributed by atoms with Crippen LogP contribution in [0.4, 0.5) is 5.82 Å². The summed E-state index contributed by atoms with van der Waals surface area (Å²) in [6.07, 6.45) is 1.42. The van der Waals surface area contributed by atoms with E-state index in [0.717, 1.165) is 0 Å². The lowest BCUT2D eigenvalue weighted by Crippen LogP contribution is -2.32. The highest BCUT2D eigenvalue weighted by atomic mass is 35.5. The molecule has 0 aliphatic heterocycles. The Bertz CT molecular complexity index is 400. The quantitative estimate of drug-likeness (QED) is 0.854. The monoisotopic (exact) mass is 258 g/mol. The van der Waals surface area contributed by atoms with E-state index in [1.165, 1.54) is 13.3 Å². The molecule has 94 valence electrons. The van der Waals surface area contributed by atoms with Gasteiger partial charge in [-0.25, -0.2) is 4.98 Å². The number of carbonyl (C=O) groups excluding carboxylic acids is 1. The van der Waals surface area contributed by atoms with Crippen LogP contribution in [-0.2, 0) is 4.79 Å². The molecule has 0 atom stereocenters. The Kier molecular flexibility index (Phi) is 4.96. The topological polar surface area (TPSA) is 67.4 Å². The van der Waals surface area contributed by atoms with Crippen molar-refractivity contribution >= 4 is 23.3 Å². The van der Waals surface area contributed by atoms with Crippen molar-refractivity contribution in [1.29, 1.82) is 0 Å². The third kappa shape index (κ3) is 3.74. The molecule has 1 N–H and O–H groups in total. The Balaban J connectivity index is 2.65. The number of ether oxygens (including phenoxy) is 1. The number of hydrogen-bond acceptors (Lipinski definition) is 5. The van der Waals surface area contributed by atoms with Crippen molar-refractivity contribution in [3.05, 3.63) is 11.2 Å². The SMILES string of the molecule is CCN(C)C(=O)CNc1nc(OC)ncc1Cl. The number of methoxy groups -OCH3 is 1. The van der Waals surface area contributed by atoms with E-state index in [0.29, 0.717) is 17.4 Å². The predicted molar refractivity (Wildman–Crippen MR) is 65.4 cm³/mol. The van der Waals surface area contributed by atoms with Crippen LogP contribution in [0.3, 0.4) is 0 Å². The third-order valence-corrected chi connectivity index (χ3v) is 2.49. The number of amides is 1.